The number of carboxylic acid groups (broad SMARTS) is 4. The van der Waals surface area contributed by atoms with Gasteiger partial charge in [-0.2, -0.15) is 0 Å². The molecule has 0 radical (unpaired) electrons. The van der Waals surface area contributed by atoms with Crippen molar-refractivity contribution in [2.24, 2.45) is 0 Å². The van der Waals surface area contributed by atoms with Gasteiger partial charge in [0, 0.05) is 0 Å². The first-order chi connectivity index (χ1) is 12.9. The number of hydrogen-bond donors (Lipinski definition) is 4. The van der Waals surface area contributed by atoms with Crippen molar-refractivity contribution < 1.29 is 77.7 Å². The van der Waals surface area contributed by atoms with Crippen molar-refractivity contribution in [2.75, 3.05) is 13.2 Å². The normalized spacial score (nSPS) is 9.29. The Balaban J connectivity index is 4.73. The summed E-state index contributed by atoms with van der Waals surface area (Å²) in [5.41, 5.74) is 0. The van der Waals surface area contributed by atoms with Crippen LogP contribution in [-0.2, 0) is 18.9 Å². The fraction of sp³-hybridized carbons (Fsp3) is 0.200. The molecule has 0 aliphatic carbocycles. The molecule has 0 unspecified atom stereocenters. The summed E-state index contributed by atoms with van der Waals surface area (Å²) in [5.74, 6) is 0. The smallest absolute Gasteiger partial charge is 0.464 e. The molecule has 18 nitrogen and oxygen atoms in total. The molecule has 0 saturated heterocycles. The number of imide groups is 6. The molecular formula is C10H8N2O16. The van der Waals surface area contributed by atoms with Crippen LogP contribution in [0.15, 0.2) is 0 Å². The van der Waals surface area contributed by atoms with E-state index in [1.54, 1.807) is 0 Å². The Hall–Kier alpha value is -4.64. The minimum atomic E-state index is -2.29. The van der Waals surface area contributed by atoms with Crippen molar-refractivity contribution in [2.45, 2.75) is 0 Å². The summed E-state index contributed by atoms with van der Waals surface area (Å²) in [4.78, 5) is 85.0. The molecule has 0 atom stereocenters. The fourth-order valence-electron chi connectivity index (χ4n) is 1.09. The summed E-state index contributed by atoms with van der Waals surface area (Å²) in [6, 6.07) is 0. The fourth-order valence-corrected chi connectivity index (χ4v) is 1.09. The van der Waals surface area contributed by atoms with Crippen LogP contribution < -0.4 is 0 Å². The predicted molar refractivity (Wildman–Crippen MR) is 71.4 cm³/mol. The predicted octanol–water partition coefficient (Wildman–Crippen LogP) is 0.849. The molecule has 0 aromatic rings. The van der Waals surface area contributed by atoms with Crippen molar-refractivity contribution in [3.63, 3.8) is 0 Å². The molecule has 4 N–H and O–H groups in total. The molecule has 18 heteroatoms. The molecule has 0 aromatic carbocycles. The minimum Gasteiger partial charge on any atom is -0.464 e. The summed E-state index contributed by atoms with van der Waals surface area (Å²) >= 11 is 0. The van der Waals surface area contributed by atoms with Crippen LogP contribution in [0.25, 0.3) is 0 Å². The van der Waals surface area contributed by atoms with Crippen molar-refractivity contribution in [1.29, 1.82) is 0 Å². The van der Waals surface area contributed by atoms with Crippen molar-refractivity contribution >= 4 is 48.9 Å². The molecule has 0 saturated carbocycles. The maximum atomic E-state index is 11.4. The van der Waals surface area contributed by atoms with Gasteiger partial charge in [0.05, 0.1) is 0 Å². The van der Waals surface area contributed by atoms with E-state index in [-0.39, 0.29) is 0 Å². The van der Waals surface area contributed by atoms with E-state index in [2.05, 4.69) is 18.9 Å². The molecule has 0 fully saturated rings. The molecular weight excluding hydrogens is 404 g/mol. The van der Waals surface area contributed by atoms with Gasteiger partial charge in [-0.3, -0.25) is 0 Å². The summed E-state index contributed by atoms with van der Waals surface area (Å²) in [6.45, 7) is -2.04. The van der Waals surface area contributed by atoms with E-state index in [1.165, 1.54) is 0 Å². The SMILES string of the molecule is O=C(O)OC(=O)N(C(=O)O)C(=O)OCCOC(=O)N(C(=O)O)C(=O)OC(=O)O. The highest BCUT2D eigenvalue weighted by Gasteiger charge is 2.35. The van der Waals surface area contributed by atoms with Crippen molar-refractivity contribution in [3.05, 3.63) is 0 Å². The zero-order valence-electron chi connectivity index (χ0n) is 13.0. The Labute approximate surface area is 150 Å². The van der Waals surface area contributed by atoms with E-state index in [4.69, 9.17) is 20.4 Å². The molecule has 6 amide bonds. The third-order valence-corrected chi connectivity index (χ3v) is 2.00. The average Bonchev–Trinajstić information content (AvgIpc) is 2.49. The van der Waals surface area contributed by atoms with Gasteiger partial charge < -0.3 is 39.4 Å². The van der Waals surface area contributed by atoms with E-state index in [1.807, 2.05) is 0 Å². The highest BCUT2D eigenvalue weighted by atomic mass is 16.7. The maximum absolute atomic E-state index is 11.4. The van der Waals surface area contributed by atoms with Crippen LogP contribution in [0, 0.1) is 0 Å². The number of rotatable bonds is 3. The van der Waals surface area contributed by atoms with Crippen molar-refractivity contribution in [1.82, 2.24) is 9.80 Å². The van der Waals surface area contributed by atoms with E-state index in [0.29, 0.717) is 0 Å². The summed E-state index contributed by atoms with van der Waals surface area (Å²) in [7, 11) is 0. The Morgan fingerprint density at radius 1 is 0.536 bits per heavy atom. The van der Waals surface area contributed by atoms with Crippen LogP contribution in [0.3, 0.4) is 0 Å². The number of nitrogens with zero attached hydrogens (tertiary/aromatic N) is 2. The zero-order valence-corrected chi connectivity index (χ0v) is 13.0. The lowest BCUT2D eigenvalue weighted by Gasteiger charge is -2.15. The lowest BCUT2D eigenvalue weighted by atomic mass is 10.7. The highest BCUT2D eigenvalue weighted by molar-refractivity contribution is 6.05. The van der Waals surface area contributed by atoms with E-state index < -0.39 is 71.9 Å². The van der Waals surface area contributed by atoms with Gasteiger partial charge in [-0.15, -0.1) is 9.80 Å². The van der Waals surface area contributed by atoms with Crippen LogP contribution in [0.4, 0.5) is 38.4 Å². The molecule has 0 spiro atoms. The standard InChI is InChI=1S/C10H8N2O16/c13-3(14)11(7(19)27-9(21)22)5(17)25-1-2-26-6(18)12(4(15)16)8(20)28-10(23)24/h1-2H2,(H,13,14)(H,15,16)(H,21,22)(H,23,24). The van der Waals surface area contributed by atoms with Gasteiger partial charge in [0.25, 0.3) is 0 Å². The van der Waals surface area contributed by atoms with Crippen molar-refractivity contribution in [3.8, 4) is 0 Å². The number of amides is 6. The lowest BCUT2D eigenvalue weighted by Crippen LogP contribution is -2.43. The molecule has 0 aliphatic rings. The minimum absolute atomic E-state index is 0.802. The van der Waals surface area contributed by atoms with Crippen LogP contribution >= 0.6 is 0 Å². The Morgan fingerprint density at radius 2 is 0.821 bits per heavy atom. The van der Waals surface area contributed by atoms with Gasteiger partial charge >= 0.3 is 48.9 Å². The largest absolute Gasteiger partial charge is 0.514 e. The van der Waals surface area contributed by atoms with Gasteiger partial charge in [0.2, 0.25) is 0 Å². The first kappa shape index (κ1) is 23.4. The molecule has 28 heavy (non-hydrogen) atoms. The summed E-state index contributed by atoms with van der Waals surface area (Å²) in [5, 5.41) is 33.6. The monoisotopic (exact) mass is 412 g/mol. The summed E-state index contributed by atoms with van der Waals surface area (Å²) in [6.07, 6.45) is -17.3. The third kappa shape index (κ3) is 7.50. The maximum Gasteiger partial charge on any atom is 0.514 e. The van der Waals surface area contributed by atoms with E-state index >= 15 is 0 Å². The Morgan fingerprint density at radius 3 is 1.04 bits per heavy atom. The van der Waals surface area contributed by atoms with Crippen LogP contribution in [-0.4, -0.2) is 92.3 Å². The molecule has 0 aromatic heterocycles. The van der Waals surface area contributed by atoms with Crippen LogP contribution in [0.5, 0.6) is 0 Å². The summed E-state index contributed by atoms with van der Waals surface area (Å²) < 4.78 is 15.1. The highest BCUT2D eigenvalue weighted by Crippen LogP contribution is 2.03. The van der Waals surface area contributed by atoms with Gasteiger partial charge in [0.15, 0.2) is 0 Å². The number of carbonyl (C=O) groups excluding carboxylic acids is 4. The quantitative estimate of drug-likeness (QED) is 0.216. The average molecular weight is 412 g/mol. The first-order valence-corrected chi connectivity index (χ1v) is 6.17. The second-order valence-corrected chi connectivity index (χ2v) is 3.73. The molecule has 0 heterocycles. The van der Waals surface area contributed by atoms with Gasteiger partial charge in [-0.1, -0.05) is 0 Å². The third-order valence-electron chi connectivity index (χ3n) is 2.00. The molecule has 0 bridgehead atoms. The molecule has 154 valence electrons. The zero-order chi connectivity index (χ0) is 22.0. The lowest BCUT2D eigenvalue weighted by molar-refractivity contribution is 0.0476. The Bertz CT molecular complexity index is 652. The van der Waals surface area contributed by atoms with Gasteiger partial charge in [0.1, 0.15) is 13.2 Å². The Kier molecular flexibility index (Phi) is 8.65. The van der Waals surface area contributed by atoms with Gasteiger partial charge in [-0.05, 0) is 0 Å². The number of ether oxygens (including phenoxy) is 4. The first-order valence-electron chi connectivity index (χ1n) is 6.17. The van der Waals surface area contributed by atoms with E-state index in [9.17, 15) is 38.4 Å². The number of carbonyl (C=O) groups is 8. The second-order valence-electron chi connectivity index (χ2n) is 3.73. The van der Waals surface area contributed by atoms with Crippen LogP contribution in [0.1, 0.15) is 0 Å². The second kappa shape index (κ2) is 10.4. The molecule has 0 rings (SSSR count). The molecule has 0 aliphatic heterocycles. The van der Waals surface area contributed by atoms with Crippen LogP contribution in [0.2, 0.25) is 0 Å². The number of hydrogen-bond acceptors (Lipinski definition) is 12. The van der Waals surface area contributed by atoms with Gasteiger partial charge in [-0.25, -0.2) is 38.4 Å². The topological polar surface area (TPSA) is 261 Å². The van der Waals surface area contributed by atoms with E-state index in [0.717, 1.165) is 0 Å².